The lowest BCUT2D eigenvalue weighted by Crippen LogP contribution is -2.44. The molecule has 2 heterocycles. The number of nitrogens with one attached hydrogen (secondary N) is 1. The second kappa shape index (κ2) is 9.95. The number of amides is 1. The van der Waals surface area contributed by atoms with Crippen LogP contribution in [0.15, 0.2) is 70.1 Å². The number of piperidine rings is 1. The summed E-state index contributed by atoms with van der Waals surface area (Å²) >= 11 is 12.8. The maximum absolute atomic E-state index is 13.5. The Morgan fingerprint density at radius 1 is 1.05 bits per heavy atom. The van der Waals surface area contributed by atoms with Crippen molar-refractivity contribution in [1.29, 1.82) is 0 Å². The summed E-state index contributed by atoms with van der Waals surface area (Å²) in [6, 6.07) is 6.06. The lowest BCUT2D eigenvalue weighted by atomic mass is 9.81. The smallest absolute Gasteiger partial charge is 0.349 e. The van der Waals surface area contributed by atoms with Crippen molar-refractivity contribution in [3.63, 3.8) is 0 Å². The number of benzene rings is 2. The molecule has 2 aliphatic rings. The summed E-state index contributed by atoms with van der Waals surface area (Å²) in [5, 5.41) is 3.98. The van der Waals surface area contributed by atoms with Gasteiger partial charge in [0.25, 0.3) is 5.56 Å². The van der Waals surface area contributed by atoms with Crippen molar-refractivity contribution in [3.05, 3.63) is 109 Å². The van der Waals surface area contributed by atoms with E-state index in [1.807, 2.05) is 6.08 Å². The zero-order valence-corrected chi connectivity index (χ0v) is 20.5. The van der Waals surface area contributed by atoms with Crippen LogP contribution in [0.1, 0.15) is 12.0 Å². The molecule has 8 nitrogen and oxygen atoms in total. The average molecular weight is 547 g/mol. The Morgan fingerprint density at radius 3 is 2.43 bits per heavy atom. The third-order valence-corrected chi connectivity index (χ3v) is 6.65. The Bertz CT molecular complexity index is 1540. The van der Waals surface area contributed by atoms with E-state index in [0.717, 1.165) is 16.9 Å². The fourth-order valence-electron chi connectivity index (χ4n) is 4.43. The summed E-state index contributed by atoms with van der Waals surface area (Å²) in [5.74, 6) is -1.52. The molecule has 3 aromatic rings. The highest BCUT2D eigenvalue weighted by Crippen LogP contribution is 2.39. The molecule has 0 saturated carbocycles. The van der Waals surface area contributed by atoms with E-state index in [2.05, 4.69) is 10.1 Å². The first kappa shape index (κ1) is 24.9. The standard InChI is InChI=1S/C25H18Cl2F2N4O4/c26-20-9-17(33-25(36)31-22(34)11-30-33)10-21(27)23(20)37-18-1-2-19-14(7-18)3-4-32(24(19)35)12-13-5-15(28)8-16(29)6-13/h1-2,5-11,14,19H,3-4,12H2,(H,31,34,36). The Labute approximate surface area is 218 Å². The molecule has 2 unspecified atom stereocenters. The number of carbonyl (C=O) groups is 1. The van der Waals surface area contributed by atoms with Gasteiger partial charge in [0.1, 0.15) is 23.6 Å². The van der Waals surface area contributed by atoms with E-state index >= 15 is 0 Å². The number of halogens is 4. The first-order chi connectivity index (χ1) is 17.7. The van der Waals surface area contributed by atoms with Gasteiger partial charge in [0.2, 0.25) is 5.91 Å². The summed E-state index contributed by atoms with van der Waals surface area (Å²) in [7, 11) is 0. The van der Waals surface area contributed by atoms with E-state index in [0.29, 0.717) is 24.3 Å². The molecule has 2 aromatic carbocycles. The van der Waals surface area contributed by atoms with Crippen LogP contribution in [0.4, 0.5) is 8.78 Å². The molecule has 1 saturated heterocycles. The number of likely N-dealkylation sites (tertiary alicyclic amines) is 1. The van der Waals surface area contributed by atoms with Crippen LogP contribution in [0, 0.1) is 23.5 Å². The van der Waals surface area contributed by atoms with Gasteiger partial charge in [-0.1, -0.05) is 29.3 Å². The minimum absolute atomic E-state index is 0.104. The first-order valence-corrected chi connectivity index (χ1v) is 11.9. The van der Waals surface area contributed by atoms with Gasteiger partial charge in [-0.3, -0.25) is 14.6 Å². The molecule has 1 aliphatic carbocycles. The summed E-state index contributed by atoms with van der Waals surface area (Å²) in [6.07, 6.45) is 6.74. The third kappa shape index (κ3) is 5.21. The lowest BCUT2D eigenvalue weighted by Gasteiger charge is -2.37. The highest BCUT2D eigenvalue weighted by atomic mass is 35.5. The van der Waals surface area contributed by atoms with Crippen LogP contribution in [-0.2, 0) is 11.3 Å². The normalized spacial score (nSPS) is 19.0. The number of fused-ring (bicyclic) bond motifs is 1. The van der Waals surface area contributed by atoms with Gasteiger partial charge in [0, 0.05) is 19.2 Å². The van der Waals surface area contributed by atoms with E-state index in [-0.39, 0.29) is 39.9 Å². The number of aromatic amines is 1. The van der Waals surface area contributed by atoms with Crippen LogP contribution in [0.3, 0.4) is 0 Å². The monoisotopic (exact) mass is 546 g/mol. The fourth-order valence-corrected chi connectivity index (χ4v) is 4.99. The van der Waals surface area contributed by atoms with Gasteiger partial charge >= 0.3 is 5.69 Å². The van der Waals surface area contributed by atoms with E-state index in [1.54, 1.807) is 17.1 Å². The molecule has 1 amide bonds. The van der Waals surface area contributed by atoms with E-state index in [9.17, 15) is 23.2 Å². The van der Waals surface area contributed by atoms with Crippen molar-refractivity contribution in [2.75, 3.05) is 6.54 Å². The average Bonchev–Trinajstić information content (AvgIpc) is 2.82. The van der Waals surface area contributed by atoms with Gasteiger partial charge in [-0.05, 0) is 54.3 Å². The first-order valence-electron chi connectivity index (χ1n) is 11.2. The molecule has 1 aliphatic heterocycles. The number of rotatable bonds is 5. The van der Waals surface area contributed by atoms with Crippen LogP contribution in [-0.4, -0.2) is 32.1 Å². The predicted octanol–water partition coefficient (Wildman–Crippen LogP) is 4.00. The van der Waals surface area contributed by atoms with Crippen LogP contribution in [0.2, 0.25) is 10.0 Å². The molecule has 0 spiro atoms. The number of ether oxygens (including phenoxy) is 1. The number of nitrogens with zero attached hydrogens (tertiary/aromatic N) is 3. The second-order valence-corrected chi connectivity index (χ2v) is 9.45. The van der Waals surface area contributed by atoms with Crippen LogP contribution in [0.5, 0.6) is 5.75 Å². The number of allylic oxidation sites excluding steroid dienone is 2. The summed E-state index contributed by atoms with van der Waals surface area (Å²) < 4.78 is 33.9. The third-order valence-electron chi connectivity index (χ3n) is 6.09. The lowest BCUT2D eigenvalue weighted by molar-refractivity contribution is -0.138. The van der Waals surface area contributed by atoms with Crippen LogP contribution >= 0.6 is 23.2 Å². The summed E-state index contributed by atoms with van der Waals surface area (Å²) in [5.41, 5.74) is -0.778. The van der Waals surface area contributed by atoms with Crippen LogP contribution < -0.4 is 16.0 Å². The summed E-state index contributed by atoms with van der Waals surface area (Å²) in [4.78, 5) is 40.0. The van der Waals surface area contributed by atoms with Crippen molar-refractivity contribution in [3.8, 4) is 11.4 Å². The van der Waals surface area contributed by atoms with E-state index < -0.39 is 28.8 Å². The largest absolute Gasteiger partial charge is 0.455 e. The van der Waals surface area contributed by atoms with E-state index in [4.69, 9.17) is 27.9 Å². The minimum Gasteiger partial charge on any atom is -0.455 e. The highest BCUT2D eigenvalue weighted by molar-refractivity contribution is 6.37. The van der Waals surface area contributed by atoms with Gasteiger partial charge in [-0.2, -0.15) is 9.78 Å². The second-order valence-electron chi connectivity index (χ2n) is 8.64. The van der Waals surface area contributed by atoms with Gasteiger partial charge in [-0.25, -0.2) is 13.6 Å². The molecular formula is C25H18Cl2F2N4O4. The molecule has 2 atom stereocenters. The predicted molar refractivity (Wildman–Crippen MR) is 132 cm³/mol. The quantitative estimate of drug-likeness (QED) is 0.521. The van der Waals surface area contributed by atoms with Gasteiger partial charge < -0.3 is 9.64 Å². The molecule has 0 bridgehead atoms. The number of aromatic nitrogens is 3. The maximum Gasteiger partial charge on any atom is 0.349 e. The SMILES string of the molecule is O=C1C2C=CC(Oc3c(Cl)cc(-n4ncc(=O)[nH]c4=O)cc3Cl)=CC2CCN1Cc1cc(F)cc(F)c1. The molecule has 5 rings (SSSR count). The molecule has 1 N–H and O–H groups in total. The van der Waals surface area contributed by atoms with Crippen molar-refractivity contribution >= 4 is 29.1 Å². The Balaban J connectivity index is 1.31. The van der Waals surface area contributed by atoms with Gasteiger partial charge in [-0.15, -0.1) is 0 Å². The molecule has 37 heavy (non-hydrogen) atoms. The minimum atomic E-state index is -0.754. The maximum atomic E-state index is 13.5. The molecule has 1 aromatic heterocycles. The van der Waals surface area contributed by atoms with Crippen molar-refractivity contribution in [2.24, 2.45) is 11.8 Å². The fraction of sp³-hybridized carbons (Fsp3) is 0.200. The molecule has 1 fully saturated rings. The number of carbonyl (C=O) groups excluding carboxylic acids is 1. The summed E-state index contributed by atoms with van der Waals surface area (Å²) in [6.45, 7) is 0.523. The van der Waals surface area contributed by atoms with Crippen molar-refractivity contribution in [2.45, 2.75) is 13.0 Å². The topological polar surface area (TPSA) is 97.3 Å². The van der Waals surface area contributed by atoms with Gasteiger partial charge in [0.05, 0.1) is 21.7 Å². The Morgan fingerprint density at radius 2 is 1.76 bits per heavy atom. The van der Waals surface area contributed by atoms with Crippen molar-refractivity contribution in [1.82, 2.24) is 19.7 Å². The number of hydrogen-bond donors (Lipinski definition) is 1. The molecule has 190 valence electrons. The van der Waals surface area contributed by atoms with Gasteiger partial charge in [0.15, 0.2) is 5.75 Å². The molecule has 12 heteroatoms. The van der Waals surface area contributed by atoms with E-state index in [1.165, 1.54) is 24.3 Å². The van der Waals surface area contributed by atoms with Crippen LogP contribution in [0.25, 0.3) is 5.69 Å². The Kier molecular flexibility index (Phi) is 6.70. The zero-order valence-electron chi connectivity index (χ0n) is 19.0. The zero-order chi connectivity index (χ0) is 26.3. The highest BCUT2D eigenvalue weighted by Gasteiger charge is 2.36. The molecule has 0 radical (unpaired) electrons. The molecular weight excluding hydrogens is 529 g/mol. The number of H-pyrrole nitrogens is 1. The number of hydrogen-bond acceptors (Lipinski definition) is 5. The Hall–Kier alpha value is -3.76. The van der Waals surface area contributed by atoms with Crippen molar-refractivity contribution < 1.29 is 18.3 Å².